The molecule has 106 valence electrons. The van der Waals surface area contributed by atoms with Crippen LogP contribution in [0.15, 0.2) is 24.4 Å². The van der Waals surface area contributed by atoms with Gasteiger partial charge in [0, 0.05) is 25.8 Å². The van der Waals surface area contributed by atoms with E-state index in [1.54, 1.807) is 0 Å². The fourth-order valence-corrected chi connectivity index (χ4v) is 3.03. The van der Waals surface area contributed by atoms with E-state index in [0.717, 1.165) is 23.7 Å². The van der Waals surface area contributed by atoms with Crippen LogP contribution in [-0.4, -0.2) is 45.5 Å². The Hall–Kier alpha value is -2.01. The lowest BCUT2D eigenvalue weighted by molar-refractivity contribution is 0.147. The Kier molecular flexibility index (Phi) is 3.36. The van der Waals surface area contributed by atoms with Crippen molar-refractivity contribution in [2.75, 3.05) is 19.7 Å². The fourth-order valence-electron chi connectivity index (χ4n) is 3.03. The van der Waals surface area contributed by atoms with Crippen LogP contribution in [0.1, 0.15) is 11.1 Å². The number of rotatable bonds is 2. The first-order valence-electron chi connectivity index (χ1n) is 6.89. The lowest BCUT2D eigenvalue weighted by Crippen LogP contribution is -2.31. The van der Waals surface area contributed by atoms with Gasteiger partial charge in [0.05, 0.1) is 12.1 Å². The molecule has 0 atom stereocenters. The smallest absolute Gasteiger partial charge is 0.407 e. The van der Waals surface area contributed by atoms with Crippen molar-refractivity contribution in [2.45, 2.75) is 19.4 Å². The Balaban J connectivity index is 2.05. The van der Waals surface area contributed by atoms with Gasteiger partial charge in [0.15, 0.2) is 0 Å². The number of carbonyl (C=O) groups is 1. The van der Waals surface area contributed by atoms with Gasteiger partial charge in [-0.2, -0.15) is 0 Å². The minimum absolute atomic E-state index is 0.106. The molecule has 0 spiro atoms. The molecule has 2 heterocycles. The molecule has 0 unspecified atom stereocenters. The Labute approximate surface area is 117 Å². The summed E-state index contributed by atoms with van der Waals surface area (Å²) in [6.07, 6.45) is 2.62. The number of aromatic nitrogens is 1. The zero-order valence-electron chi connectivity index (χ0n) is 11.2. The molecule has 2 N–H and O–H groups in total. The number of hydrogen-bond donors (Lipinski definition) is 2. The van der Waals surface area contributed by atoms with Crippen LogP contribution in [-0.2, 0) is 19.4 Å². The average Bonchev–Trinajstić information content (AvgIpc) is 2.70. The molecule has 3 rings (SSSR count). The second kappa shape index (κ2) is 5.17. The van der Waals surface area contributed by atoms with E-state index in [2.05, 4.69) is 16.7 Å². The second-order valence-electron chi connectivity index (χ2n) is 5.14. The maximum atomic E-state index is 11.1. The zero-order valence-corrected chi connectivity index (χ0v) is 11.2. The van der Waals surface area contributed by atoms with E-state index in [1.165, 1.54) is 16.0 Å². The van der Waals surface area contributed by atoms with Gasteiger partial charge in [0.25, 0.3) is 0 Å². The molecular weight excluding hydrogens is 256 g/mol. The number of hydrogen-bond acceptors (Lipinski definition) is 2. The highest BCUT2D eigenvalue weighted by atomic mass is 16.4. The van der Waals surface area contributed by atoms with Gasteiger partial charge in [-0.25, -0.2) is 4.79 Å². The predicted octanol–water partition coefficient (Wildman–Crippen LogP) is 1.71. The molecule has 1 aromatic heterocycles. The molecule has 1 aromatic carbocycles. The van der Waals surface area contributed by atoms with Crippen LogP contribution in [0.3, 0.4) is 0 Å². The minimum Gasteiger partial charge on any atom is -0.465 e. The van der Waals surface area contributed by atoms with Gasteiger partial charge in [-0.05, 0) is 35.4 Å². The predicted molar refractivity (Wildman–Crippen MR) is 76.0 cm³/mol. The number of amides is 1. The largest absolute Gasteiger partial charge is 0.465 e. The molecule has 20 heavy (non-hydrogen) atoms. The van der Waals surface area contributed by atoms with Crippen LogP contribution >= 0.6 is 0 Å². The lowest BCUT2D eigenvalue weighted by Gasteiger charge is -2.15. The van der Waals surface area contributed by atoms with Gasteiger partial charge in [-0.15, -0.1) is 0 Å². The molecule has 0 fully saturated rings. The van der Waals surface area contributed by atoms with Gasteiger partial charge in [0.2, 0.25) is 0 Å². The van der Waals surface area contributed by atoms with Gasteiger partial charge in [-0.3, -0.25) is 0 Å². The maximum absolute atomic E-state index is 11.1. The highest BCUT2D eigenvalue weighted by Crippen LogP contribution is 2.27. The quantitative estimate of drug-likeness (QED) is 0.876. The number of nitrogens with zero attached hydrogens (tertiary/aromatic N) is 2. The molecule has 1 aliphatic rings. The summed E-state index contributed by atoms with van der Waals surface area (Å²) in [7, 11) is 0. The third-order valence-corrected chi connectivity index (χ3v) is 4.03. The monoisotopic (exact) mass is 274 g/mol. The van der Waals surface area contributed by atoms with Gasteiger partial charge in [-0.1, -0.05) is 12.1 Å². The SMILES string of the molecule is O=C(O)N1CCc2ccc3ccn(CCO)c3c2CC1. The third kappa shape index (κ3) is 2.14. The summed E-state index contributed by atoms with van der Waals surface area (Å²) in [5.74, 6) is 0. The van der Waals surface area contributed by atoms with Crippen molar-refractivity contribution < 1.29 is 15.0 Å². The standard InChI is InChI=1S/C15H18N2O3/c18-10-9-16-6-4-12-2-1-11-3-7-17(15(19)20)8-5-13(11)14(12)16/h1-2,4,6,18H,3,5,7-10H2,(H,19,20). The maximum Gasteiger partial charge on any atom is 0.407 e. The molecule has 0 saturated carbocycles. The summed E-state index contributed by atoms with van der Waals surface area (Å²) in [6, 6.07) is 6.23. The summed E-state index contributed by atoms with van der Waals surface area (Å²) >= 11 is 0. The molecule has 5 nitrogen and oxygen atoms in total. The summed E-state index contributed by atoms with van der Waals surface area (Å²) in [4.78, 5) is 12.6. The zero-order chi connectivity index (χ0) is 14.1. The van der Waals surface area contributed by atoms with Crippen molar-refractivity contribution in [1.29, 1.82) is 0 Å². The van der Waals surface area contributed by atoms with E-state index in [9.17, 15) is 4.79 Å². The van der Waals surface area contributed by atoms with Gasteiger partial charge < -0.3 is 19.7 Å². The number of aliphatic hydroxyl groups is 1. The van der Waals surface area contributed by atoms with Crippen LogP contribution in [0, 0.1) is 0 Å². The van der Waals surface area contributed by atoms with E-state index >= 15 is 0 Å². The van der Waals surface area contributed by atoms with Crippen molar-refractivity contribution in [1.82, 2.24) is 9.47 Å². The molecule has 0 bridgehead atoms. The lowest BCUT2D eigenvalue weighted by atomic mass is 10.00. The molecular formula is C15H18N2O3. The van der Waals surface area contributed by atoms with Gasteiger partial charge >= 0.3 is 6.09 Å². The number of aliphatic hydroxyl groups excluding tert-OH is 1. The molecule has 2 aromatic rings. The number of fused-ring (bicyclic) bond motifs is 3. The molecule has 5 heteroatoms. The van der Waals surface area contributed by atoms with Crippen molar-refractivity contribution >= 4 is 17.0 Å². The van der Waals surface area contributed by atoms with E-state index in [0.29, 0.717) is 19.6 Å². The first kappa shape index (κ1) is 13.0. The van der Waals surface area contributed by atoms with Crippen molar-refractivity contribution in [3.05, 3.63) is 35.5 Å². The highest BCUT2D eigenvalue weighted by molar-refractivity contribution is 5.85. The van der Waals surface area contributed by atoms with E-state index in [1.807, 2.05) is 12.3 Å². The van der Waals surface area contributed by atoms with Gasteiger partial charge in [0.1, 0.15) is 0 Å². The fraction of sp³-hybridized carbons (Fsp3) is 0.400. The minimum atomic E-state index is -0.847. The number of benzene rings is 1. The highest BCUT2D eigenvalue weighted by Gasteiger charge is 2.20. The molecule has 1 amide bonds. The topological polar surface area (TPSA) is 65.7 Å². The van der Waals surface area contributed by atoms with Crippen molar-refractivity contribution in [3.8, 4) is 0 Å². The Morgan fingerprint density at radius 2 is 2.00 bits per heavy atom. The van der Waals surface area contributed by atoms with Crippen LogP contribution in [0.4, 0.5) is 4.79 Å². The molecule has 0 aliphatic carbocycles. The summed E-state index contributed by atoms with van der Waals surface area (Å²) in [5, 5.41) is 19.5. The molecule has 0 radical (unpaired) electrons. The van der Waals surface area contributed by atoms with Crippen LogP contribution in [0.5, 0.6) is 0 Å². The Morgan fingerprint density at radius 1 is 1.20 bits per heavy atom. The first-order valence-corrected chi connectivity index (χ1v) is 6.89. The normalized spacial score (nSPS) is 15.2. The third-order valence-electron chi connectivity index (χ3n) is 4.03. The van der Waals surface area contributed by atoms with E-state index < -0.39 is 6.09 Å². The summed E-state index contributed by atoms with van der Waals surface area (Å²) in [6.45, 7) is 1.76. The summed E-state index contributed by atoms with van der Waals surface area (Å²) < 4.78 is 2.06. The first-order chi connectivity index (χ1) is 9.70. The second-order valence-corrected chi connectivity index (χ2v) is 5.14. The van der Waals surface area contributed by atoms with Crippen molar-refractivity contribution in [3.63, 3.8) is 0 Å². The summed E-state index contributed by atoms with van der Waals surface area (Å²) in [5.41, 5.74) is 3.59. The molecule has 1 aliphatic heterocycles. The Morgan fingerprint density at radius 3 is 2.75 bits per heavy atom. The van der Waals surface area contributed by atoms with E-state index in [-0.39, 0.29) is 6.61 Å². The molecule has 0 saturated heterocycles. The van der Waals surface area contributed by atoms with Crippen molar-refractivity contribution in [2.24, 2.45) is 0 Å². The number of carboxylic acid groups (broad SMARTS) is 1. The Bertz CT molecular complexity index is 648. The van der Waals surface area contributed by atoms with Crippen LogP contribution < -0.4 is 0 Å². The van der Waals surface area contributed by atoms with Crippen LogP contribution in [0.2, 0.25) is 0 Å². The van der Waals surface area contributed by atoms with E-state index in [4.69, 9.17) is 10.2 Å². The van der Waals surface area contributed by atoms with Crippen LogP contribution in [0.25, 0.3) is 10.9 Å². The average molecular weight is 274 g/mol.